The fourth-order valence-electron chi connectivity index (χ4n) is 3.15. The second-order valence-corrected chi connectivity index (χ2v) is 13.4. The second kappa shape index (κ2) is 15.4. The molecule has 1 saturated carbocycles. The molecule has 2 fully saturated rings. The third-order valence-electron chi connectivity index (χ3n) is 4.65. The standard InChI is InChI=1S/C17H17ClFNO4.C3H8NO5P.C3H9S/c1-9(2)15-16(21)20(17(22)24-15)13-8-14(11(18)7-12(13)19)23-10-5-3-4-6-10;5-3(6)1-4-2-10(7,8)9;1-4(2)3/h7-8,10H,3-6H2,1-2H3;4H,1-2H2,(H,5,6)(H2,7,8,9);1-3H3/q;;+1/p-1. The molecule has 1 aliphatic carbocycles. The highest BCUT2D eigenvalue weighted by atomic mass is 35.5. The van der Waals surface area contributed by atoms with Gasteiger partial charge in [-0.05, 0) is 62.1 Å². The lowest BCUT2D eigenvalue weighted by molar-refractivity contribution is -0.193. The first-order chi connectivity index (χ1) is 17.5. The van der Waals surface area contributed by atoms with Crippen molar-refractivity contribution in [1.29, 1.82) is 0 Å². The zero-order valence-corrected chi connectivity index (χ0v) is 24.3. The Kier molecular flexibility index (Phi) is 13.8. The Morgan fingerprint density at radius 2 is 1.84 bits per heavy atom. The van der Waals surface area contributed by atoms with Gasteiger partial charge in [-0.25, -0.2) is 14.1 Å². The molecule has 38 heavy (non-hydrogen) atoms. The molecule has 1 unspecified atom stereocenters. The topological polar surface area (TPSA) is 166 Å². The highest BCUT2D eigenvalue weighted by Crippen LogP contribution is 2.37. The molecule has 2 aliphatic rings. The van der Waals surface area contributed by atoms with Crippen molar-refractivity contribution in [3.05, 3.63) is 34.3 Å². The Balaban J connectivity index is 0.000000431. The number of carbonyl (C=O) groups excluding carboxylic acids is 2. The summed E-state index contributed by atoms with van der Waals surface area (Å²) in [6.07, 6.45) is 8.87. The van der Waals surface area contributed by atoms with E-state index in [4.69, 9.17) is 31.1 Å². The quantitative estimate of drug-likeness (QED) is 0.241. The summed E-state index contributed by atoms with van der Waals surface area (Å²) in [7, 11) is -3.71. The number of carboxylic acid groups (broad SMARTS) is 1. The zero-order valence-electron chi connectivity index (χ0n) is 21.8. The highest BCUT2D eigenvalue weighted by Gasteiger charge is 2.40. The molecule has 3 N–H and O–H groups in total. The minimum atomic E-state index is -4.35. The first-order valence-corrected chi connectivity index (χ1v) is 16.0. The number of rotatable bonds is 7. The lowest BCUT2D eigenvalue weighted by atomic mass is 10.2. The minimum absolute atomic E-state index is 0.00962. The van der Waals surface area contributed by atoms with E-state index in [0.717, 1.165) is 31.7 Å². The SMILES string of the molecule is CC(C)=C1OC(=O)N(c2cc(OC3CCCC3)c(Cl)cc2F)C1=O.C[S+](C)C.O=C(O)CNCP(=O)([O-])O. The number of benzene rings is 1. The average Bonchev–Trinajstić information content (AvgIpc) is 3.37. The lowest BCUT2D eigenvalue weighted by Crippen LogP contribution is -2.29. The normalized spacial score (nSPS) is 16.8. The fourth-order valence-corrected chi connectivity index (χ4v) is 3.74. The third kappa shape index (κ3) is 11.7. The fraction of sp³-hybridized carbons (Fsp3) is 0.522. The van der Waals surface area contributed by atoms with E-state index in [1.807, 2.05) is 5.32 Å². The van der Waals surface area contributed by atoms with Gasteiger partial charge in [0.15, 0.2) is 5.76 Å². The van der Waals surface area contributed by atoms with Crippen molar-refractivity contribution >= 4 is 53.7 Å². The highest BCUT2D eigenvalue weighted by molar-refractivity contribution is 7.94. The minimum Gasteiger partial charge on any atom is -0.778 e. The molecule has 15 heteroatoms. The van der Waals surface area contributed by atoms with Crippen LogP contribution in [0.5, 0.6) is 5.75 Å². The molecule has 1 saturated heterocycles. The van der Waals surface area contributed by atoms with Crippen molar-refractivity contribution in [2.24, 2.45) is 0 Å². The van der Waals surface area contributed by atoms with Gasteiger partial charge in [0, 0.05) is 6.07 Å². The molecule has 0 radical (unpaired) electrons. The van der Waals surface area contributed by atoms with Gasteiger partial charge >= 0.3 is 18.0 Å². The van der Waals surface area contributed by atoms with Crippen molar-refractivity contribution in [1.82, 2.24) is 5.32 Å². The van der Waals surface area contributed by atoms with Gasteiger partial charge in [-0.3, -0.25) is 14.9 Å². The van der Waals surface area contributed by atoms with Gasteiger partial charge in [0.05, 0.1) is 48.4 Å². The van der Waals surface area contributed by atoms with Gasteiger partial charge in [0.25, 0.3) is 0 Å². The maximum absolute atomic E-state index is 14.3. The number of hydrogen-bond donors (Lipinski definition) is 3. The molecular formula is C23H33ClFN2O9PS. The summed E-state index contributed by atoms with van der Waals surface area (Å²) in [6.45, 7) is 2.79. The van der Waals surface area contributed by atoms with E-state index >= 15 is 0 Å². The van der Waals surface area contributed by atoms with Gasteiger partial charge in [-0.2, -0.15) is 0 Å². The first kappa shape index (κ1) is 33.9. The monoisotopic (exact) mass is 598 g/mol. The van der Waals surface area contributed by atoms with Gasteiger partial charge in [-0.15, -0.1) is 0 Å². The van der Waals surface area contributed by atoms with Crippen LogP contribution in [0.3, 0.4) is 0 Å². The number of nitrogens with one attached hydrogen (secondary N) is 1. The number of amides is 2. The van der Waals surface area contributed by atoms with Gasteiger partial charge in [0.1, 0.15) is 19.2 Å². The molecule has 1 heterocycles. The van der Waals surface area contributed by atoms with E-state index in [1.165, 1.54) is 6.07 Å². The van der Waals surface area contributed by atoms with Crippen LogP contribution in [0.1, 0.15) is 39.5 Å². The van der Waals surface area contributed by atoms with Crippen molar-refractivity contribution in [2.75, 3.05) is 36.5 Å². The molecular weight excluding hydrogens is 566 g/mol. The number of aliphatic carboxylic acids is 1. The number of carbonyl (C=O) groups is 3. The number of carboxylic acids is 1. The zero-order chi connectivity index (χ0) is 29.2. The van der Waals surface area contributed by atoms with Gasteiger partial charge < -0.3 is 28.9 Å². The molecule has 1 aromatic rings. The molecule has 0 bridgehead atoms. The molecule has 214 valence electrons. The number of nitrogens with zero attached hydrogens (tertiary/aromatic N) is 1. The number of cyclic esters (lactones) is 1. The molecule has 2 amide bonds. The van der Waals surface area contributed by atoms with Crippen LogP contribution in [0, 0.1) is 5.82 Å². The van der Waals surface area contributed by atoms with Crippen LogP contribution < -0.4 is 19.8 Å². The van der Waals surface area contributed by atoms with E-state index < -0.39 is 44.2 Å². The number of imide groups is 1. The molecule has 3 rings (SSSR count). The Morgan fingerprint density at radius 1 is 1.29 bits per heavy atom. The van der Waals surface area contributed by atoms with Crippen LogP contribution in [-0.2, 0) is 29.8 Å². The molecule has 1 aromatic carbocycles. The smallest absolute Gasteiger partial charge is 0.427 e. The van der Waals surface area contributed by atoms with E-state index in [-0.39, 0.29) is 28.3 Å². The van der Waals surface area contributed by atoms with Crippen LogP contribution in [0.15, 0.2) is 23.5 Å². The lowest BCUT2D eigenvalue weighted by Gasteiger charge is -2.18. The van der Waals surface area contributed by atoms with Crippen LogP contribution in [-0.4, -0.2) is 65.7 Å². The number of ether oxygens (including phenoxy) is 2. The summed E-state index contributed by atoms with van der Waals surface area (Å²) >= 11 is 6.04. The molecule has 11 nitrogen and oxygen atoms in total. The largest absolute Gasteiger partial charge is 0.778 e. The summed E-state index contributed by atoms with van der Waals surface area (Å²) in [6, 6.07) is 2.32. The van der Waals surface area contributed by atoms with Crippen molar-refractivity contribution in [2.45, 2.75) is 45.6 Å². The van der Waals surface area contributed by atoms with E-state index in [2.05, 4.69) is 18.8 Å². The summed E-state index contributed by atoms with van der Waals surface area (Å²) in [4.78, 5) is 52.8. The van der Waals surface area contributed by atoms with Crippen molar-refractivity contribution in [3.63, 3.8) is 0 Å². The average molecular weight is 599 g/mol. The summed E-state index contributed by atoms with van der Waals surface area (Å²) in [5, 5.41) is 10.1. The number of hydrogen-bond acceptors (Lipinski definition) is 8. The van der Waals surface area contributed by atoms with E-state index in [1.54, 1.807) is 13.8 Å². The maximum Gasteiger partial charge on any atom is 0.427 e. The van der Waals surface area contributed by atoms with Crippen LogP contribution in [0.25, 0.3) is 0 Å². The predicted octanol–water partition coefficient (Wildman–Crippen LogP) is 3.24. The summed E-state index contributed by atoms with van der Waals surface area (Å²) in [5.74, 6) is -2.50. The Hall–Kier alpha value is -2.15. The summed E-state index contributed by atoms with van der Waals surface area (Å²) < 4.78 is 35.0. The Labute approximate surface area is 228 Å². The van der Waals surface area contributed by atoms with Crippen molar-refractivity contribution in [3.8, 4) is 5.75 Å². The van der Waals surface area contributed by atoms with E-state index in [0.29, 0.717) is 21.4 Å². The predicted molar refractivity (Wildman–Crippen MR) is 142 cm³/mol. The van der Waals surface area contributed by atoms with Gasteiger partial charge in [-0.1, -0.05) is 11.6 Å². The maximum atomic E-state index is 14.3. The van der Waals surface area contributed by atoms with Crippen LogP contribution in [0.4, 0.5) is 14.9 Å². The Bertz CT molecular complexity index is 1080. The first-order valence-electron chi connectivity index (χ1n) is 11.4. The van der Waals surface area contributed by atoms with Crippen LogP contribution in [0.2, 0.25) is 5.02 Å². The van der Waals surface area contributed by atoms with Crippen LogP contribution >= 0.6 is 19.2 Å². The Morgan fingerprint density at radius 3 is 2.29 bits per heavy atom. The molecule has 1 atom stereocenters. The number of anilines is 1. The third-order valence-corrected chi connectivity index (χ3v) is 5.57. The molecule has 0 aromatic heterocycles. The molecule has 0 spiro atoms. The second-order valence-electron chi connectivity index (χ2n) is 8.94. The molecule has 1 aliphatic heterocycles. The number of halogens is 2. The van der Waals surface area contributed by atoms with Gasteiger partial charge in [0.2, 0.25) is 0 Å². The van der Waals surface area contributed by atoms with Crippen molar-refractivity contribution < 1.29 is 47.7 Å². The number of allylic oxidation sites excluding steroid dienone is 1. The summed E-state index contributed by atoms with van der Waals surface area (Å²) in [5.41, 5.74) is 0.311. The van der Waals surface area contributed by atoms with E-state index in [9.17, 15) is 28.2 Å².